The molecule has 0 amide bonds. The van der Waals surface area contributed by atoms with Crippen molar-refractivity contribution in [3.8, 4) is 18.2 Å². The molecule has 0 unspecified atom stereocenters. The highest BCUT2D eigenvalue weighted by atomic mass is 16.8. The number of hydrogen-bond acceptors (Lipinski definition) is 8. The van der Waals surface area contributed by atoms with E-state index in [-0.39, 0.29) is 0 Å². The van der Waals surface area contributed by atoms with Gasteiger partial charge in [0.05, 0.1) is 41.4 Å². The number of nitrogens with one attached hydrogen (secondary N) is 1. The van der Waals surface area contributed by atoms with Crippen LogP contribution < -0.4 is 5.11 Å². The second-order valence-electron chi connectivity index (χ2n) is 6.23. The molecule has 1 aromatic rings. The first-order valence-corrected chi connectivity index (χ1v) is 7.91. The Morgan fingerprint density at radius 3 is 2.19 bits per heavy atom. The van der Waals surface area contributed by atoms with Gasteiger partial charge in [0.2, 0.25) is 0 Å². The first-order chi connectivity index (χ1) is 12.8. The first kappa shape index (κ1) is 19.5. The summed E-state index contributed by atoms with van der Waals surface area (Å²) in [6, 6.07) is 13.2. The zero-order valence-corrected chi connectivity index (χ0v) is 14.6. The Bertz CT molecular complexity index is 902. The molecule has 2 atom stereocenters. The molecule has 0 saturated heterocycles. The maximum atomic E-state index is 12.5. The summed E-state index contributed by atoms with van der Waals surface area (Å²) in [6.07, 6.45) is 0. The summed E-state index contributed by atoms with van der Waals surface area (Å²) in [5.74, 6) is -7.52. The van der Waals surface area contributed by atoms with Crippen molar-refractivity contribution in [2.45, 2.75) is 25.6 Å². The lowest BCUT2D eigenvalue weighted by Crippen LogP contribution is -2.43. The normalized spacial score (nSPS) is 17.6. The van der Waals surface area contributed by atoms with Gasteiger partial charge >= 0.3 is 5.97 Å². The Labute approximate surface area is 156 Å². The van der Waals surface area contributed by atoms with Crippen molar-refractivity contribution in [2.24, 2.45) is 11.8 Å². The number of cyclic esters (lactones) is 1. The van der Waals surface area contributed by atoms with Crippen LogP contribution in [0.25, 0.3) is 0 Å². The summed E-state index contributed by atoms with van der Waals surface area (Å²) in [5.41, 5.74) is -0.576. The molecule has 2 rings (SSSR count). The quantitative estimate of drug-likeness (QED) is 0.613. The molecular weight excluding hydrogens is 348 g/mol. The van der Waals surface area contributed by atoms with E-state index in [4.69, 9.17) is 25.4 Å². The molecule has 8 nitrogen and oxygen atoms in total. The minimum atomic E-state index is -1.49. The second kappa shape index (κ2) is 7.59. The lowest BCUT2D eigenvalue weighted by atomic mass is 9.76. The molecule has 0 bridgehead atoms. The molecule has 0 saturated carbocycles. The van der Waals surface area contributed by atoms with Crippen LogP contribution in [0.3, 0.4) is 0 Å². The Hall–Kier alpha value is -3.83. The van der Waals surface area contributed by atoms with Crippen LogP contribution in [0.2, 0.25) is 0 Å². The summed E-state index contributed by atoms with van der Waals surface area (Å²) in [7, 11) is 0. The maximum Gasteiger partial charge on any atom is 0.337 e. The van der Waals surface area contributed by atoms with Gasteiger partial charge in [-0.25, -0.2) is 4.79 Å². The first-order valence-electron chi connectivity index (χ1n) is 7.91. The molecule has 1 heterocycles. The Morgan fingerprint density at radius 1 is 1.11 bits per heavy atom. The fourth-order valence-corrected chi connectivity index (χ4v) is 2.77. The molecule has 1 aromatic carbocycles. The summed E-state index contributed by atoms with van der Waals surface area (Å²) < 4.78 is 10.2. The van der Waals surface area contributed by atoms with Crippen molar-refractivity contribution in [3.05, 3.63) is 47.4 Å². The second-order valence-corrected chi connectivity index (χ2v) is 6.23. The number of hydrogen-bond donors (Lipinski definition) is 1. The third-order valence-electron chi connectivity index (χ3n) is 3.96. The van der Waals surface area contributed by atoms with E-state index >= 15 is 0 Å². The van der Waals surface area contributed by atoms with Crippen LogP contribution in [0, 0.1) is 51.2 Å². The molecular formula is C19H15N4O4-. The van der Waals surface area contributed by atoms with Crippen LogP contribution >= 0.6 is 0 Å². The van der Waals surface area contributed by atoms with Gasteiger partial charge in [-0.15, -0.1) is 0 Å². The minimum Gasteiger partial charge on any atom is -0.575 e. The molecule has 0 aromatic heterocycles. The topological polar surface area (TPSA) is 154 Å². The van der Waals surface area contributed by atoms with Gasteiger partial charge in [0, 0.05) is 5.92 Å². The van der Waals surface area contributed by atoms with Crippen molar-refractivity contribution in [1.82, 2.24) is 0 Å². The zero-order chi connectivity index (χ0) is 20.2. The predicted octanol–water partition coefficient (Wildman–Crippen LogP) is 1.47. The Balaban J connectivity index is 2.66. The van der Waals surface area contributed by atoms with E-state index in [1.165, 1.54) is 13.8 Å². The van der Waals surface area contributed by atoms with E-state index < -0.39 is 46.7 Å². The van der Waals surface area contributed by atoms with Crippen LogP contribution in [0.15, 0.2) is 41.9 Å². The van der Waals surface area contributed by atoms with E-state index in [1.54, 1.807) is 42.5 Å². The zero-order valence-electron chi connectivity index (χ0n) is 14.6. The molecule has 0 spiro atoms. The van der Waals surface area contributed by atoms with Crippen molar-refractivity contribution < 1.29 is 19.4 Å². The van der Waals surface area contributed by atoms with Crippen LogP contribution in [0.1, 0.15) is 25.3 Å². The van der Waals surface area contributed by atoms with E-state index in [1.807, 2.05) is 6.07 Å². The lowest BCUT2D eigenvalue weighted by molar-refractivity contribution is -0.394. The van der Waals surface area contributed by atoms with Gasteiger partial charge in [0.25, 0.3) is 0 Å². The fourth-order valence-electron chi connectivity index (χ4n) is 2.77. The highest BCUT2D eigenvalue weighted by molar-refractivity contribution is 5.97. The Kier molecular flexibility index (Phi) is 5.48. The molecule has 0 fully saturated rings. The van der Waals surface area contributed by atoms with Crippen molar-refractivity contribution in [2.75, 3.05) is 0 Å². The molecule has 136 valence electrons. The van der Waals surface area contributed by atoms with Gasteiger partial charge in [-0.1, -0.05) is 30.3 Å². The van der Waals surface area contributed by atoms with Crippen molar-refractivity contribution in [1.29, 1.82) is 21.2 Å². The van der Waals surface area contributed by atoms with E-state index in [0.29, 0.717) is 5.56 Å². The predicted molar refractivity (Wildman–Crippen MR) is 89.0 cm³/mol. The molecule has 1 aliphatic heterocycles. The summed E-state index contributed by atoms with van der Waals surface area (Å²) in [6.45, 7) is 2.78. The SMILES string of the molecule is CC1(C)OC(=O)C([C@H](c2ccccc2)[C@@H](C#N)C(=N)C(C#N)C#N)=C([O-])O1. The van der Waals surface area contributed by atoms with Gasteiger partial charge in [0.1, 0.15) is 0 Å². The van der Waals surface area contributed by atoms with Crippen LogP contribution in [-0.2, 0) is 14.3 Å². The largest absolute Gasteiger partial charge is 0.575 e. The standard InChI is InChI=1S/C19H16N4O4/c1-19(2)26-17(24)15(18(25)27-19)14(11-6-4-3-5-7-11)13(10-22)16(23)12(8-20)9-21/h3-7,12-14,23-24H,1-2H3/p-1/t13-,14-/m1/s1. The monoisotopic (exact) mass is 363 g/mol. The molecule has 0 radical (unpaired) electrons. The average Bonchev–Trinajstić information content (AvgIpc) is 2.61. The third kappa shape index (κ3) is 3.89. The van der Waals surface area contributed by atoms with Gasteiger partial charge in [-0.05, 0) is 19.4 Å². The number of nitrogens with zero attached hydrogens (tertiary/aromatic N) is 3. The number of carbonyl (C=O) groups excluding carboxylic acids is 1. The number of esters is 1. The van der Waals surface area contributed by atoms with Crippen molar-refractivity contribution >= 4 is 11.7 Å². The third-order valence-corrected chi connectivity index (χ3v) is 3.96. The molecule has 27 heavy (non-hydrogen) atoms. The summed E-state index contributed by atoms with van der Waals surface area (Å²) >= 11 is 0. The van der Waals surface area contributed by atoms with Crippen molar-refractivity contribution in [3.63, 3.8) is 0 Å². The Morgan fingerprint density at radius 2 is 1.70 bits per heavy atom. The highest BCUT2D eigenvalue weighted by Crippen LogP contribution is 2.39. The maximum absolute atomic E-state index is 12.5. The van der Waals surface area contributed by atoms with Crippen LogP contribution in [0.5, 0.6) is 0 Å². The summed E-state index contributed by atoms with van der Waals surface area (Å²) in [5, 5.41) is 48.4. The van der Waals surface area contributed by atoms with Gasteiger partial charge in [-0.3, -0.25) is 0 Å². The van der Waals surface area contributed by atoms with Gasteiger partial charge in [0.15, 0.2) is 11.7 Å². The number of ether oxygens (including phenoxy) is 2. The molecule has 1 N–H and O–H groups in total. The van der Waals surface area contributed by atoms with E-state index in [9.17, 15) is 15.2 Å². The minimum absolute atomic E-state index is 0.382. The highest BCUT2D eigenvalue weighted by Gasteiger charge is 2.41. The fraction of sp³-hybridized carbons (Fsp3) is 0.316. The van der Waals surface area contributed by atoms with Crippen LogP contribution in [-0.4, -0.2) is 17.5 Å². The smallest absolute Gasteiger partial charge is 0.337 e. The van der Waals surface area contributed by atoms with Crippen LogP contribution in [0.4, 0.5) is 0 Å². The number of benzene rings is 1. The molecule has 0 aliphatic carbocycles. The summed E-state index contributed by atoms with van der Waals surface area (Å²) in [4.78, 5) is 12.5. The molecule has 1 aliphatic rings. The van der Waals surface area contributed by atoms with Gasteiger partial charge < -0.3 is 20.0 Å². The lowest BCUT2D eigenvalue weighted by Gasteiger charge is -2.41. The number of rotatable bonds is 5. The molecule has 8 heteroatoms. The van der Waals surface area contributed by atoms with E-state index in [2.05, 4.69) is 0 Å². The van der Waals surface area contributed by atoms with E-state index in [0.717, 1.165) is 0 Å². The van der Waals surface area contributed by atoms with Gasteiger partial charge in [-0.2, -0.15) is 15.8 Å². The average molecular weight is 363 g/mol. The number of carbonyl (C=O) groups is 1. The number of nitriles is 3.